The molecule has 2 nitrogen and oxygen atoms in total. The van der Waals surface area contributed by atoms with Crippen LogP contribution in [0.25, 0.3) is 11.0 Å². The molecule has 1 N–H and O–H groups in total. The topological polar surface area (TPSA) is 20.7 Å². The SMILES string of the molecule is CC1(Cn2c(=S)[nH]c3ccccc32)CCC1. The van der Waals surface area contributed by atoms with E-state index in [9.17, 15) is 0 Å². The lowest BCUT2D eigenvalue weighted by Gasteiger charge is -2.38. The minimum absolute atomic E-state index is 0.461. The summed E-state index contributed by atoms with van der Waals surface area (Å²) in [4.78, 5) is 3.28. The first kappa shape index (κ1) is 10.1. The van der Waals surface area contributed by atoms with E-state index < -0.39 is 0 Å². The van der Waals surface area contributed by atoms with Crippen molar-refractivity contribution in [1.29, 1.82) is 0 Å². The Kier molecular flexibility index (Phi) is 2.18. The Balaban J connectivity index is 2.08. The second kappa shape index (κ2) is 3.45. The van der Waals surface area contributed by atoms with Crippen LogP contribution in [0.2, 0.25) is 0 Å². The molecule has 0 radical (unpaired) electrons. The fraction of sp³-hybridized carbons (Fsp3) is 0.462. The second-order valence-electron chi connectivity index (χ2n) is 5.20. The van der Waals surface area contributed by atoms with E-state index in [1.165, 1.54) is 24.8 Å². The van der Waals surface area contributed by atoms with Crippen LogP contribution in [-0.4, -0.2) is 9.55 Å². The molecule has 84 valence electrons. The summed E-state index contributed by atoms with van der Waals surface area (Å²) in [6, 6.07) is 8.35. The van der Waals surface area contributed by atoms with Crippen molar-refractivity contribution < 1.29 is 0 Å². The highest BCUT2D eigenvalue weighted by molar-refractivity contribution is 7.71. The molecule has 0 unspecified atom stereocenters. The Morgan fingerprint density at radius 2 is 2.12 bits per heavy atom. The number of H-pyrrole nitrogens is 1. The normalized spacial score (nSPS) is 18.6. The smallest absolute Gasteiger partial charge is 0.178 e. The van der Waals surface area contributed by atoms with Gasteiger partial charge in [-0.3, -0.25) is 0 Å². The third-order valence-corrected chi connectivity index (χ3v) is 4.10. The van der Waals surface area contributed by atoms with Crippen molar-refractivity contribution in [3.8, 4) is 0 Å². The molecular formula is C13H16N2S. The van der Waals surface area contributed by atoms with E-state index in [2.05, 4.69) is 34.7 Å². The summed E-state index contributed by atoms with van der Waals surface area (Å²) < 4.78 is 3.11. The van der Waals surface area contributed by atoms with Gasteiger partial charge in [0.25, 0.3) is 0 Å². The summed E-state index contributed by atoms with van der Waals surface area (Å²) in [5, 5.41) is 0. The first-order valence-electron chi connectivity index (χ1n) is 5.86. The van der Waals surface area contributed by atoms with Gasteiger partial charge in [0.1, 0.15) is 0 Å². The fourth-order valence-electron chi connectivity index (χ4n) is 2.58. The van der Waals surface area contributed by atoms with Crippen molar-refractivity contribution in [3.05, 3.63) is 29.0 Å². The number of nitrogens with one attached hydrogen (secondary N) is 1. The van der Waals surface area contributed by atoms with Gasteiger partial charge >= 0.3 is 0 Å². The van der Waals surface area contributed by atoms with Gasteiger partial charge in [0, 0.05) is 6.54 Å². The number of nitrogens with zero attached hydrogens (tertiary/aromatic N) is 1. The predicted molar refractivity (Wildman–Crippen MR) is 69.1 cm³/mol. The van der Waals surface area contributed by atoms with Crippen LogP contribution in [0.3, 0.4) is 0 Å². The van der Waals surface area contributed by atoms with Crippen molar-refractivity contribution >= 4 is 23.3 Å². The first-order valence-corrected chi connectivity index (χ1v) is 6.26. The van der Waals surface area contributed by atoms with Gasteiger partial charge in [-0.05, 0) is 42.6 Å². The molecule has 16 heavy (non-hydrogen) atoms. The summed E-state index contributed by atoms with van der Waals surface area (Å²) >= 11 is 5.40. The quantitative estimate of drug-likeness (QED) is 0.779. The lowest BCUT2D eigenvalue weighted by atomic mass is 9.70. The molecule has 2 aromatic rings. The highest BCUT2D eigenvalue weighted by Crippen LogP contribution is 2.42. The van der Waals surface area contributed by atoms with E-state index in [1.807, 2.05) is 6.07 Å². The van der Waals surface area contributed by atoms with Crippen LogP contribution < -0.4 is 0 Å². The number of hydrogen-bond acceptors (Lipinski definition) is 1. The molecule has 1 aliphatic carbocycles. The monoisotopic (exact) mass is 232 g/mol. The summed E-state index contributed by atoms with van der Waals surface area (Å²) in [6.07, 6.45) is 4.02. The maximum absolute atomic E-state index is 5.40. The molecule has 1 heterocycles. The van der Waals surface area contributed by atoms with Crippen molar-refractivity contribution in [2.75, 3.05) is 0 Å². The van der Waals surface area contributed by atoms with Gasteiger partial charge in [0.2, 0.25) is 0 Å². The average Bonchev–Trinajstić information content (AvgIpc) is 2.53. The van der Waals surface area contributed by atoms with E-state index in [0.29, 0.717) is 5.41 Å². The van der Waals surface area contributed by atoms with Crippen LogP contribution in [0.15, 0.2) is 24.3 Å². The van der Waals surface area contributed by atoms with E-state index in [4.69, 9.17) is 12.2 Å². The molecule has 0 saturated heterocycles. The number of aromatic amines is 1. The van der Waals surface area contributed by atoms with Gasteiger partial charge < -0.3 is 9.55 Å². The highest BCUT2D eigenvalue weighted by atomic mass is 32.1. The van der Waals surface area contributed by atoms with E-state index in [-0.39, 0.29) is 0 Å². The number of benzene rings is 1. The fourth-order valence-corrected chi connectivity index (χ4v) is 2.86. The number of rotatable bonds is 2. The van der Waals surface area contributed by atoms with Crippen molar-refractivity contribution in [2.45, 2.75) is 32.7 Å². The zero-order valence-corrected chi connectivity index (χ0v) is 10.3. The summed E-state index contributed by atoms with van der Waals surface area (Å²) in [5.74, 6) is 0. The standard InChI is InChI=1S/C13H16N2S/c1-13(7-4-8-13)9-15-11-6-3-2-5-10(11)14-12(15)16/h2-3,5-6H,4,7-9H2,1H3,(H,14,16). The van der Waals surface area contributed by atoms with Crippen LogP contribution in [0, 0.1) is 10.2 Å². The number of para-hydroxylation sites is 2. The maximum atomic E-state index is 5.40. The molecule has 1 saturated carbocycles. The molecule has 1 aliphatic rings. The molecule has 0 spiro atoms. The molecule has 0 amide bonds. The maximum Gasteiger partial charge on any atom is 0.178 e. The minimum Gasteiger partial charge on any atom is -0.331 e. The van der Waals surface area contributed by atoms with Crippen molar-refractivity contribution in [2.24, 2.45) is 5.41 Å². The van der Waals surface area contributed by atoms with Crippen molar-refractivity contribution in [1.82, 2.24) is 9.55 Å². The van der Waals surface area contributed by atoms with E-state index >= 15 is 0 Å². The van der Waals surface area contributed by atoms with E-state index in [1.54, 1.807) is 0 Å². The number of aromatic nitrogens is 2. The molecule has 0 aliphatic heterocycles. The summed E-state index contributed by atoms with van der Waals surface area (Å²) in [5.41, 5.74) is 2.85. The Bertz CT molecular complexity index is 575. The second-order valence-corrected chi connectivity index (χ2v) is 5.58. The first-order chi connectivity index (χ1) is 7.68. The summed E-state index contributed by atoms with van der Waals surface area (Å²) in [6.45, 7) is 3.41. The van der Waals surface area contributed by atoms with Crippen LogP contribution in [0.1, 0.15) is 26.2 Å². The van der Waals surface area contributed by atoms with Gasteiger partial charge in [0.05, 0.1) is 11.0 Å². The Labute approximate surface area is 100 Å². The molecule has 3 heteroatoms. The molecule has 0 bridgehead atoms. The van der Waals surface area contributed by atoms with Gasteiger partial charge in [-0.25, -0.2) is 0 Å². The number of imidazole rings is 1. The number of hydrogen-bond donors (Lipinski definition) is 1. The highest BCUT2D eigenvalue weighted by Gasteiger charge is 2.32. The van der Waals surface area contributed by atoms with Crippen LogP contribution in [0.4, 0.5) is 0 Å². The predicted octanol–water partition coefficient (Wildman–Crippen LogP) is 3.89. The van der Waals surface area contributed by atoms with Gasteiger partial charge in [-0.2, -0.15) is 0 Å². The third-order valence-electron chi connectivity index (χ3n) is 3.78. The Morgan fingerprint density at radius 3 is 2.81 bits per heavy atom. The average molecular weight is 232 g/mol. The molecule has 1 fully saturated rings. The lowest BCUT2D eigenvalue weighted by molar-refractivity contribution is 0.133. The lowest BCUT2D eigenvalue weighted by Crippen LogP contribution is -2.30. The van der Waals surface area contributed by atoms with Crippen molar-refractivity contribution in [3.63, 3.8) is 0 Å². The molecule has 1 aromatic carbocycles. The van der Waals surface area contributed by atoms with Gasteiger partial charge in [-0.1, -0.05) is 25.5 Å². The van der Waals surface area contributed by atoms with Crippen LogP contribution in [0.5, 0.6) is 0 Å². The molecular weight excluding hydrogens is 216 g/mol. The molecule has 3 rings (SSSR count). The van der Waals surface area contributed by atoms with E-state index in [0.717, 1.165) is 16.8 Å². The minimum atomic E-state index is 0.461. The van der Waals surface area contributed by atoms with Gasteiger partial charge in [-0.15, -0.1) is 0 Å². The molecule has 0 atom stereocenters. The van der Waals surface area contributed by atoms with Crippen LogP contribution in [-0.2, 0) is 6.54 Å². The zero-order chi connectivity index (χ0) is 11.2. The Hall–Kier alpha value is -1.09. The molecule has 1 aromatic heterocycles. The van der Waals surface area contributed by atoms with Gasteiger partial charge in [0.15, 0.2) is 4.77 Å². The summed E-state index contributed by atoms with van der Waals surface area (Å²) in [7, 11) is 0. The largest absolute Gasteiger partial charge is 0.331 e. The number of fused-ring (bicyclic) bond motifs is 1. The Morgan fingerprint density at radius 1 is 1.38 bits per heavy atom. The zero-order valence-electron chi connectivity index (χ0n) is 9.49. The van der Waals surface area contributed by atoms with Crippen LogP contribution >= 0.6 is 12.2 Å². The third kappa shape index (κ3) is 1.50.